The van der Waals surface area contributed by atoms with E-state index in [9.17, 15) is 13.2 Å². The third-order valence-electron chi connectivity index (χ3n) is 2.46. The van der Waals surface area contributed by atoms with Crippen molar-refractivity contribution < 1.29 is 17.9 Å². The SMILES string of the molecule is C=C(C[C@H]1C=C[C@H](C)S1(=O)=O)C(=O)OC. The standard InChI is InChI=1S/C10H14O4S/c1-7(10(11)14-3)6-9-5-4-8(2)15(9,12)13/h4-5,8-9H,1,6H2,2-3H3/t8-,9+/m0/s1. The third kappa shape index (κ3) is 2.28. The molecule has 0 aromatic carbocycles. The Kier molecular flexibility index (Phi) is 3.34. The normalized spacial score (nSPS) is 27.6. The molecule has 0 amide bonds. The van der Waals surface area contributed by atoms with Crippen LogP contribution < -0.4 is 0 Å². The molecule has 0 bridgehead atoms. The van der Waals surface area contributed by atoms with Crippen LogP contribution in [0.2, 0.25) is 0 Å². The molecule has 84 valence electrons. The van der Waals surface area contributed by atoms with Crippen molar-refractivity contribution >= 4 is 15.8 Å². The molecule has 4 nitrogen and oxygen atoms in total. The fourth-order valence-corrected chi connectivity index (χ4v) is 3.03. The highest BCUT2D eigenvalue weighted by atomic mass is 32.2. The van der Waals surface area contributed by atoms with E-state index in [1.165, 1.54) is 7.11 Å². The van der Waals surface area contributed by atoms with Crippen molar-refractivity contribution in [2.75, 3.05) is 7.11 Å². The molecule has 0 unspecified atom stereocenters. The predicted octanol–water partition coefficient (Wildman–Crippen LogP) is 0.847. The van der Waals surface area contributed by atoms with Crippen LogP contribution in [0.1, 0.15) is 13.3 Å². The summed E-state index contributed by atoms with van der Waals surface area (Å²) in [7, 11) is -1.94. The molecule has 1 heterocycles. The summed E-state index contributed by atoms with van der Waals surface area (Å²) in [5.41, 5.74) is 0.185. The minimum absolute atomic E-state index is 0.107. The van der Waals surface area contributed by atoms with Gasteiger partial charge in [-0.3, -0.25) is 0 Å². The second kappa shape index (κ2) is 4.18. The summed E-state index contributed by atoms with van der Waals surface area (Å²) in [6.45, 7) is 5.12. The first kappa shape index (κ1) is 12.0. The van der Waals surface area contributed by atoms with E-state index in [1.807, 2.05) is 0 Å². The monoisotopic (exact) mass is 230 g/mol. The lowest BCUT2D eigenvalue weighted by Crippen LogP contribution is -2.23. The number of hydrogen-bond acceptors (Lipinski definition) is 4. The average Bonchev–Trinajstić information content (AvgIpc) is 2.43. The van der Waals surface area contributed by atoms with Crippen molar-refractivity contribution in [3.63, 3.8) is 0 Å². The summed E-state index contributed by atoms with van der Waals surface area (Å²) >= 11 is 0. The van der Waals surface area contributed by atoms with Crippen LogP contribution in [-0.2, 0) is 19.4 Å². The molecule has 15 heavy (non-hydrogen) atoms. The van der Waals surface area contributed by atoms with Crippen LogP contribution in [0.4, 0.5) is 0 Å². The van der Waals surface area contributed by atoms with E-state index in [-0.39, 0.29) is 12.0 Å². The average molecular weight is 230 g/mol. The summed E-state index contributed by atoms with van der Waals surface area (Å²) < 4.78 is 27.8. The van der Waals surface area contributed by atoms with Crippen LogP contribution in [0.15, 0.2) is 24.3 Å². The topological polar surface area (TPSA) is 60.4 Å². The number of rotatable bonds is 3. The van der Waals surface area contributed by atoms with Gasteiger partial charge in [0.05, 0.1) is 17.6 Å². The van der Waals surface area contributed by atoms with Gasteiger partial charge in [-0.05, 0) is 13.3 Å². The van der Waals surface area contributed by atoms with E-state index in [0.29, 0.717) is 0 Å². The van der Waals surface area contributed by atoms with E-state index >= 15 is 0 Å². The van der Waals surface area contributed by atoms with Crippen molar-refractivity contribution in [3.8, 4) is 0 Å². The Morgan fingerprint density at radius 2 is 2.07 bits per heavy atom. The highest BCUT2D eigenvalue weighted by Crippen LogP contribution is 2.24. The van der Waals surface area contributed by atoms with Gasteiger partial charge in [0.25, 0.3) is 0 Å². The molecular weight excluding hydrogens is 216 g/mol. The fourth-order valence-electron chi connectivity index (χ4n) is 1.43. The van der Waals surface area contributed by atoms with Crippen molar-refractivity contribution in [2.45, 2.75) is 23.8 Å². The molecule has 2 atom stereocenters. The second-order valence-electron chi connectivity index (χ2n) is 3.52. The number of carbonyl (C=O) groups excluding carboxylic acids is 1. The Morgan fingerprint density at radius 1 is 1.47 bits per heavy atom. The zero-order chi connectivity index (χ0) is 11.6. The van der Waals surface area contributed by atoms with E-state index < -0.39 is 26.3 Å². The molecule has 0 fully saturated rings. The Labute approximate surface area is 89.5 Å². The Bertz CT molecular complexity index is 405. The molecule has 0 aliphatic carbocycles. The van der Waals surface area contributed by atoms with Gasteiger partial charge in [-0.2, -0.15) is 0 Å². The van der Waals surface area contributed by atoms with Crippen LogP contribution in [-0.4, -0.2) is 32.0 Å². The van der Waals surface area contributed by atoms with Gasteiger partial charge in [-0.25, -0.2) is 13.2 Å². The van der Waals surface area contributed by atoms with Crippen molar-refractivity contribution in [1.29, 1.82) is 0 Å². The Morgan fingerprint density at radius 3 is 2.47 bits per heavy atom. The van der Waals surface area contributed by atoms with Gasteiger partial charge >= 0.3 is 5.97 Å². The van der Waals surface area contributed by atoms with E-state index in [1.54, 1.807) is 19.1 Å². The van der Waals surface area contributed by atoms with Gasteiger partial charge in [0.1, 0.15) is 0 Å². The minimum atomic E-state index is -3.18. The summed E-state index contributed by atoms with van der Waals surface area (Å²) in [5, 5.41) is -1.12. The Balaban J connectivity index is 2.74. The second-order valence-corrected chi connectivity index (χ2v) is 6.04. The number of carbonyl (C=O) groups is 1. The molecule has 1 aliphatic rings. The maximum Gasteiger partial charge on any atom is 0.333 e. The zero-order valence-electron chi connectivity index (χ0n) is 8.76. The van der Waals surface area contributed by atoms with Crippen LogP contribution in [0, 0.1) is 0 Å². The van der Waals surface area contributed by atoms with Crippen LogP contribution in [0.25, 0.3) is 0 Å². The molecule has 5 heteroatoms. The van der Waals surface area contributed by atoms with Gasteiger partial charge in [-0.15, -0.1) is 0 Å². The molecule has 0 aromatic heterocycles. The number of esters is 1. The van der Waals surface area contributed by atoms with Gasteiger partial charge in [0, 0.05) is 5.57 Å². The minimum Gasteiger partial charge on any atom is -0.466 e. The highest BCUT2D eigenvalue weighted by molar-refractivity contribution is 7.93. The molecule has 1 rings (SSSR count). The lowest BCUT2D eigenvalue weighted by Gasteiger charge is -2.11. The van der Waals surface area contributed by atoms with Crippen molar-refractivity contribution in [1.82, 2.24) is 0 Å². The fraction of sp³-hybridized carbons (Fsp3) is 0.500. The first-order chi connectivity index (χ1) is 6.89. The summed E-state index contributed by atoms with van der Waals surface area (Å²) in [6.07, 6.45) is 3.34. The van der Waals surface area contributed by atoms with E-state index in [4.69, 9.17) is 0 Å². The number of methoxy groups -OCH3 is 1. The van der Waals surface area contributed by atoms with E-state index in [0.717, 1.165) is 0 Å². The van der Waals surface area contributed by atoms with Gasteiger partial charge < -0.3 is 4.74 Å². The predicted molar refractivity (Wildman–Crippen MR) is 57.1 cm³/mol. The first-order valence-electron chi connectivity index (χ1n) is 4.56. The highest BCUT2D eigenvalue weighted by Gasteiger charge is 2.34. The summed E-state index contributed by atoms with van der Waals surface area (Å²) in [4.78, 5) is 11.1. The quantitative estimate of drug-likeness (QED) is 0.409. The molecule has 1 aliphatic heterocycles. The van der Waals surface area contributed by atoms with Gasteiger partial charge in [-0.1, -0.05) is 18.7 Å². The maximum absolute atomic E-state index is 11.7. The van der Waals surface area contributed by atoms with E-state index in [2.05, 4.69) is 11.3 Å². The largest absolute Gasteiger partial charge is 0.466 e. The maximum atomic E-state index is 11.7. The summed E-state index contributed by atoms with van der Waals surface area (Å²) in [5.74, 6) is -0.557. The molecule has 0 spiro atoms. The summed E-state index contributed by atoms with van der Waals surface area (Å²) in [6, 6.07) is 0. The number of ether oxygens (including phenoxy) is 1. The van der Waals surface area contributed by atoms with Crippen LogP contribution >= 0.6 is 0 Å². The van der Waals surface area contributed by atoms with Gasteiger partial charge in [0.15, 0.2) is 9.84 Å². The molecule has 0 aromatic rings. The van der Waals surface area contributed by atoms with Gasteiger partial charge in [0.2, 0.25) is 0 Å². The Hall–Kier alpha value is -1.10. The molecule has 0 N–H and O–H groups in total. The first-order valence-corrected chi connectivity index (χ1v) is 6.17. The van der Waals surface area contributed by atoms with Crippen molar-refractivity contribution in [3.05, 3.63) is 24.3 Å². The molecular formula is C10H14O4S. The van der Waals surface area contributed by atoms with Crippen molar-refractivity contribution in [2.24, 2.45) is 0 Å². The lowest BCUT2D eigenvalue weighted by atomic mass is 10.1. The molecule has 0 radical (unpaired) electrons. The smallest absolute Gasteiger partial charge is 0.333 e. The molecule has 0 saturated heterocycles. The van der Waals surface area contributed by atoms with Crippen LogP contribution in [0.5, 0.6) is 0 Å². The zero-order valence-corrected chi connectivity index (χ0v) is 9.58. The lowest BCUT2D eigenvalue weighted by molar-refractivity contribution is -0.136. The molecule has 0 saturated carbocycles. The third-order valence-corrected chi connectivity index (χ3v) is 4.82. The number of hydrogen-bond donors (Lipinski definition) is 0. The van der Waals surface area contributed by atoms with Crippen LogP contribution in [0.3, 0.4) is 0 Å². The number of sulfone groups is 1.